The molecule has 2 aliphatic rings. The third-order valence-corrected chi connectivity index (χ3v) is 14.9. The number of likely N-dealkylation sites (tertiary alicyclic amines) is 1. The number of amides is 4. The minimum absolute atomic E-state index is 0.0794. The summed E-state index contributed by atoms with van der Waals surface area (Å²) in [5.74, 6) is -2.48. The van der Waals surface area contributed by atoms with Crippen LogP contribution in [0.2, 0.25) is 5.02 Å². The summed E-state index contributed by atoms with van der Waals surface area (Å²) in [7, 11) is 0. The number of rotatable bonds is 28. The molecule has 0 spiro atoms. The fourth-order valence-electron chi connectivity index (χ4n) is 9.36. The molecule has 2 aromatic heterocycles. The number of aliphatic imine (C=N–C) groups is 1. The molecule has 2 aliphatic heterocycles. The van der Waals surface area contributed by atoms with E-state index in [0.717, 1.165) is 21.7 Å². The van der Waals surface area contributed by atoms with Crippen molar-refractivity contribution in [1.82, 2.24) is 46.4 Å². The average Bonchev–Trinajstić information content (AvgIpc) is 3.47. The topological polar surface area (TPSA) is 259 Å². The first-order valence-electron chi connectivity index (χ1n) is 27.5. The summed E-state index contributed by atoms with van der Waals surface area (Å²) in [6.45, 7) is 11.1. The maximum absolute atomic E-state index is 15.0. The van der Waals surface area contributed by atoms with E-state index in [4.69, 9.17) is 36.3 Å². The van der Waals surface area contributed by atoms with Crippen LogP contribution < -0.4 is 31.9 Å². The van der Waals surface area contributed by atoms with Crippen molar-refractivity contribution >= 4 is 63.9 Å². The Kier molecular flexibility index (Phi) is 22.2. The molecular formula is C60H68ClF2N13O7S. The average molecular weight is 1190 g/mol. The van der Waals surface area contributed by atoms with Gasteiger partial charge in [0.25, 0.3) is 5.91 Å². The minimum atomic E-state index is -0.863. The standard InChI is InChI=1S/C60H68ClF2N13O7S/c1-37-54(84-36-71-37)39-12-10-38(11-13-39)30-69-57(79)49-9-6-24-76(49)58(80)55(60(2,3)4)73-50(77)35-82-25-22-65-20-21-66-33-44(75-64)34-83-28-27-81-26-23-67-56(78)40-14-17-43(18-15-40)72-59-70-32-41-31-68-53(51-47(62)7-5-8-48(51)63)46-29-42(61)16-19-45(46)52(41)74-59/h5,7-8,10-19,29,32-33,36,49,55,64-66H,6,9,20-28,30-31,34-35H2,1-4H3,(H,67,78)(H,69,79)(H,73,77)(H,70,72,74)/b44-33-,75-64?/t49-,55+/m0/s1. The second kappa shape index (κ2) is 30.1. The van der Waals surface area contributed by atoms with E-state index in [-0.39, 0.29) is 87.7 Å². The molecule has 7 N–H and O–H groups in total. The summed E-state index contributed by atoms with van der Waals surface area (Å²) in [4.78, 5) is 74.0. The van der Waals surface area contributed by atoms with E-state index >= 15 is 0 Å². The molecule has 442 valence electrons. The Morgan fingerprint density at radius 1 is 0.881 bits per heavy atom. The summed E-state index contributed by atoms with van der Waals surface area (Å²) in [6.07, 6.45) is 4.42. The van der Waals surface area contributed by atoms with Crippen molar-refractivity contribution < 1.29 is 42.2 Å². The number of aryl methyl sites for hydroxylation is 1. The number of ether oxygens (including phenoxy) is 3. The molecule has 4 amide bonds. The van der Waals surface area contributed by atoms with E-state index in [1.807, 2.05) is 57.5 Å². The van der Waals surface area contributed by atoms with Crippen molar-refractivity contribution in [3.8, 4) is 21.7 Å². The summed E-state index contributed by atoms with van der Waals surface area (Å²) in [6, 6.07) is 21.9. The molecule has 2 atom stereocenters. The Morgan fingerprint density at radius 3 is 2.37 bits per heavy atom. The Hall–Kier alpha value is -7.93. The molecule has 0 saturated carbocycles. The second-order valence-electron chi connectivity index (χ2n) is 20.9. The van der Waals surface area contributed by atoms with Gasteiger partial charge in [0.05, 0.1) is 72.6 Å². The number of aromatic nitrogens is 3. The van der Waals surface area contributed by atoms with Gasteiger partial charge in [0.15, 0.2) is 0 Å². The van der Waals surface area contributed by atoms with Gasteiger partial charge < -0.3 is 51.0 Å². The van der Waals surface area contributed by atoms with Gasteiger partial charge >= 0.3 is 0 Å². The number of halogens is 3. The molecule has 24 heteroatoms. The van der Waals surface area contributed by atoms with Gasteiger partial charge in [-0.25, -0.2) is 29.3 Å². The zero-order chi connectivity index (χ0) is 59.6. The molecule has 20 nitrogen and oxygen atoms in total. The highest BCUT2D eigenvalue weighted by Crippen LogP contribution is 2.35. The van der Waals surface area contributed by atoms with Crippen molar-refractivity contribution in [3.63, 3.8) is 0 Å². The van der Waals surface area contributed by atoms with Crippen LogP contribution in [0.4, 0.5) is 20.4 Å². The number of fused-ring (bicyclic) bond motifs is 3. The fraction of sp³-hybridized carbons (Fsp3) is 0.367. The van der Waals surface area contributed by atoms with Crippen LogP contribution in [-0.2, 0) is 41.7 Å². The second-order valence-corrected chi connectivity index (χ2v) is 22.2. The lowest BCUT2D eigenvalue weighted by atomic mass is 9.85. The number of hydrogen-bond acceptors (Lipinski definition) is 17. The number of carbonyl (C=O) groups excluding carboxylic acids is 4. The maximum Gasteiger partial charge on any atom is 0.251 e. The van der Waals surface area contributed by atoms with Crippen LogP contribution in [0.3, 0.4) is 0 Å². The Bertz CT molecular complexity index is 3320. The largest absolute Gasteiger partial charge is 0.388 e. The lowest BCUT2D eigenvalue weighted by molar-refractivity contribution is -0.144. The van der Waals surface area contributed by atoms with Gasteiger partial charge in [-0.05, 0) is 84.8 Å². The number of carbonyl (C=O) groups is 4. The number of nitrogens with zero attached hydrogens (tertiary/aromatic N) is 6. The van der Waals surface area contributed by atoms with Gasteiger partial charge in [-0.3, -0.25) is 24.2 Å². The summed E-state index contributed by atoms with van der Waals surface area (Å²) < 4.78 is 46.7. The van der Waals surface area contributed by atoms with Crippen LogP contribution in [0.5, 0.6) is 0 Å². The number of thiazole rings is 1. The van der Waals surface area contributed by atoms with Gasteiger partial charge in [-0.15, -0.1) is 11.3 Å². The van der Waals surface area contributed by atoms with E-state index in [2.05, 4.69) is 52.0 Å². The molecule has 8 rings (SSSR count). The zero-order valence-electron chi connectivity index (χ0n) is 47.2. The summed E-state index contributed by atoms with van der Waals surface area (Å²) in [5.41, 5.74) is 15.2. The predicted octanol–water partition coefficient (Wildman–Crippen LogP) is 8.27. The predicted molar refractivity (Wildman–Crippen MR) is 317 cm³/mol. The van der Waals surface area contributed by atoms with Crippen LogP contribution in [-0.4, -0.2) is 134 Å². The number of benzene rings is 4. The van der Waals surface area contributed by atoms with Crippen molar-refractivity contribution in [2.24, 2.45) is 15.5 Å². The molecule has 0 aliphatic carbocycles. The lowest BCUT2D eigenvalue weighted by Crippen LogP contribution is -2.58. The Balaban J connectivity index is 0.657. The first kappa shape index (κ1) is 62.1. The highest BCUT2D eigenvalue weighted by Gasteiger charge is 2.42. The van der Waals surface area contributed by atoms with Gasteiger partial charge in [0.1, 0.15) is 36.0 Å². The van der Waals surface area contributed by atoms with E-state index in [1.165, 1.54) is 18.2 Å². The maximum atomic E-state index is 15.0. The zero-order valence-corrected chi connectivity index (χ0v) is 48.7. The van der Waals surface area contributed by atoms with Crippen molar-refractivity contribution in [2.75, 3.05) is 77.7 Å². The molecule has 0 radical (unpaired) electrons. The van der Waals surface area contributed by atoms with E-state index in [0.29, 0.717) is 89.9 Å². The molecular weight excluding hydrogens is 1120 g/mol. The van der Waals surface area contributed by atoms with Crippen LogP contribution in [0.15, 0.2) is 119 Å². The normalized spacial score (nSPS) is 14.4. The van der Waals surface area contributed by atoms with E-state index < -0.39 is 35.0 Å². The van der Waals surface area contributed by atoms with Crippen molar-refractivity contribution in [1.29, 1.82) is 5.53 Å². The van der Waals surface area contributed by atoms with Crippen LogP contribution in [0, 0.1) is 29.5 Å². The summed E-state index contributed by atoms with van der Waals surface area (Å²) >= 11 is 7.94. The number of nitrogens with one attached hydrogen (secondary N) is 7. The van der Waals surface area contributed by atoms with Gasteiger partial charge in [-0.2, -0.15) is 5.11 Å². The van der Waals surface area contributed by atoms with Gasteiger partial charge in [-0.1, -0.05) is 68.8 Å². The molecule has 4 heterocycles. The van der Waals surface area contributed by atoms with E-state index in [9.17, 15) is 28.0 Å². The quantitative estimate of drug-likeness (QED) is 0.0181. The molecule has 84 heavy (non-hydrogen) atoms. The monoisotopic (exact) mass is 1190 g/mol. The highest BCUT2D eigenvalue weighted by atomic mass is 35.5. The minimum Gasteiger partial charge on any atom is -0.388 e. The number of hydrogen-bond donors (Lipinski definition) is 7. The fourth-order valence-corrected chi connectivity index (χ4v) is 10.3. The van der Waals surface area contributed by atoms with Crippen molar-refractivity contribution in [3.05, 3.63) is 159 Å². The van der Waals surface area contributed by atoms with Crippen LogP contribution in [0.1, 0.15) is 71.9 Å². The highest BCUT2D eigenvalue weighted by molar-refractivity contribution is 7.13. The van der Waals surface area contributed by atoms with Crippen LogP contribution >= 0.6 is 22.9 Å². The third kappa shape index (κ3) is 16.9. The molecule has 0 unspecified atom stereocenters. The summed E-state index contributed by atoms with van der Waals surface area (Å²) in [5, 5.41) is 22.0. The van der Waals surface area contributed by atoms with Gasteiger partial charge in [0.2, 0.25) is 23.7 Å². The SMILES string of the molecule is Cc1ncsc1-c1ccc(CNC(=O)[C@@H]2CCCN2C(=O)[C@@H](NC(=O)COCCNCCN/C=C(/COCCOCCNC(=O)c2ccc(Nc3ncc4c(n3)-c3ccc(Cl)cc3C(c3c(F)cccc3F)=NC4)cc2)N=N)C(C)(C)C)cc1. The molecule has 6 aromatic rings. The third-order valence-electron chi connectivity index (χ3n) is 13.7. The molecule has 1 fully saturated rings. The smallest absolute Gasteiger partial charge is 0.251 e. The molecule has 1 saturated heterocycles. The molecule has 4 aromatic carbocycles. The number of anilines is 2. The Morgan fingerprint density at radius 2 is 1.63 bits per heavy atom. The first-order valence-corrected chi connectivity index (χ1v) is 28.7. The van der Waals surface area contributed by atoms with E-state index in [1.54, 1.807) is 71.1 Å². The lowest BCUT2D eigenvalue weighted by Gasteiger charge is -2.35. The molecule has 0 bridgehead atoms. The Labute approximate surface area is 495 Å². The van der Waals surface area contributed by atoms with Gasteiger partial charge in [0, 0.05) is 84.6 Å². The van der Waals surface area contributed by atoms with Crippen LogP contribution in [0.25, 0.3) is 21.7 Å². The van der Waals surface area contributed by atoms with Crippen molar-refractivity contribution in [2.45, 2.75) is 65.7 Å². The first-order chi connectivity index (χ1) is 40.6.